The lowest BCUT2D eigenvalue weighted by molar-refractivity contribution is -0.149. The van der Waals surface area contributed by atoms with Crippen molar-refractivity contribution in [1.29, 1.82) is 0 Å². The molecule has 0 aromatic heterocycles. The average molecular weight is 274 g/mol. The molecule has 0 aliphatic heterocycles. The van der Waals surface area contributed by atoms with Gasteiger partial charge < -0.3 is 9.47 Å². The lowest BCUT2D eigenvalue weighted by Gasteiger charge is -2.19. The summed E-state index contributed by atoms with van der Waals surface area (Å²) in [7, 11) is -1.10. The molecule has 0 saturated carbocycles. The molecule has 0 radical (unpaired) electrons. The minimum Gasteiger partial charge on any atom is -0.434 e. The van der Waals surface area contributed by atoms with Gasteiger partial charge in [0.25, 0.3) is 0 Å². The highest BCUT2D eigenvalue weighted by atomic mass is 28.3. The highest BCUT2D eigenvalue weighted by Gasteiger charge is 2.29. The zero-order chi connectivity index (χ0) is 14.4. The standard InChI is InChI=1S/C13H26O4Si/c1-7-13(2,3)11(14)17-12(15)16-9-8-10-18(4,5)6/h7-10H2,1-6H3. The maximum Gasteiger partial charge on any atom is 0.516 e. The van der Waals surface area contributed by atoms with Gasteiger partial charge in [-0.1, -0.05) is 32.6 Å². The topological polar surface area (TPSA) is 52.6 Å². The van der Waals surface area contributed by atoms with Crippen molar-refractivity contribution in [3.63, 3.8) is 0 Å². The van der Waals surface area contributed by atoms with E-state index in [4.69, 9.17) is 4.74 Å². The van der Waals surface area contributed by atoms with Crippen molar-refractivity contribution in [1.82, 2.24) is 0 Å². The van der Waals surface area contributed by atoms with Gasteiger partial charge in [-0.15, -0.1) is 0 Å². The summed E-state index contributed by atoms with van der Waals surface area (Å²) in [5.41, 5.74) is -0.642. The summed E-state index contributed by atoms with van der Waals surface area (Å²) in [6.07, 6.45) is 0.572. The summed E-state index contributed by atoms with van der Waals surface area (Å²) < 4.78 is 9.54. The Kier molecular flexibility index (Phi) is 6.60. The van der Waals surface area contributed by atoms with Crippen LogP contribution < -0.4 is 0 Å². The van der Waals surface area contributed by atoms with Crippen molar-refractivity contribution >= 4 is 20.2 Å². The van der Waals surface area contributed by atoms with Crippen LogP contribution in [0.4, 0.5) is 4.79 Å². The predicted molar refractivity (Wildman–Crippen MR) is 74.3 cm³/mol. The maximum atomic E-state index is 11.6. The van der Waals surface area contributed by atoms with Gasteiger partial charge in [-0.25, -0.2) is 4.79 Å². The molecule has 0 bridgehead atoms. The summed E-state index contributed by atoms with van der Waals surface area (Å²) in [5, 5.41) is 0. The summed E-state index contributed by atoms with van der Waals surface area (Å²) in [4.78, 5) is 22.9. The Bertz CT molecular complexity index is 292. The Morgan fingerprint density at radius 2 is 1.72 bits per heavy atom. The Morgan fingerprint density at radius 3 is 2.17 bits per heavy atom. The van der Waals surface area contributed by atoms with Crippen molar-refractivity contribution in [2.45, 2.75) is 59.3 Å². The van der Waals surface area contributed by atoms with E-state index in [2.05, 4.69) is 24.4 Å². The molecule has 0 saturated heterocycles. The van der Waals surface area contributed by atoms with E-state index in [1.807, 2.05) is 6.92 Å². The second-order valence-electron chi connectivity index (χ2n) is 6.39. The molecular formula is C13H26O4Si. The van der Waals surface area contributed by atoms with Gasteiger partial charge >= 0.3 is 12.1 Å². The SMILES string of the molecule is CCC(C)(C)C(=O)OC(=O)OCCC[Si](C)(C)C. The van der Waals surface area contributed by atoms with Gasteiger partial charge in [0.2, 0.25) is 0 Å². The monoisotopic (exact) mass is 274 g/mol. The first-order valence-corrected chi connectivity index (χ1v) is 10.2. The van der Waals surface area contributed by atoms with Crippen LogP contribution in [0.2, 0.25) is 25.7 Å². The van der Waals surface area contributed by atoms with Crippen LogP contribution in [0, 0.1) is 5.41 Å². The first-order valence-electron chi connectivity index (χ1n) is 6.47. The zero-order valence-corrected chi connectivity index (χ0v) is 13.5. The van der Waals surface area contributed by atoms with Crippen molar-refractivity contribution in [3.05, 3.63) is 0 Å². The first-order chi connectivity index (χ1) is 8.08. The third-order valence-corrected chi connectivity index (χ3v) is 4.76. The van der Waals surface area contributed by atoms with Gasteiger partial charge in [0.05, 0.1) is 12.0 Å². The molecule has 0 rings (SSSR count). The maximum absolute atomic E-state index is 11.6. The zero-order valence-electron chi connectivity index (χ0n) is 12.5. The number of carbonyl (C=O) groups is 2. The van der Waals surface area contributed by atoms with Crippen LogP contribution in [0.5, 0.6) is 0 Å². The van der Waals surface area contributed by atoms with Crippen LogP contribution in [-0.4, -0.2) is 26.8 Å². The van der Waals surface area contributed by atoms with Gasteiger partial charge in [0.15, 0.2) is 0 Å². The number of hydrogen-bond donors (Lipinski definition) is 0. The number of hydrogen-bond acceptors (Lipinski definition) is 4. The number of esters is 1. The molecule has 4 nitrogen and oxygen atoms in total. The van der Waals surface area contributed by atoms with Crippen molar-refractivity contribution in [2.75, 3.05) is 6.61 Å². The summed E-state index contributed by atoms with van der Waals surface area (Å²) >= 11 is 0. The fraction of sp³-hybridized carbons (Fsp3) is 0.846. The second kappa shape index (κ2) is 6.92. The molecule has 0 amide bonds. The van der Waals surface area contributed by atoms with Crippen molar-refractivity contribution < 1.29 is 19.1 Å². The summed E-state index contributed by atoms with van der Waals surface area (Å²) in [6, 6.07) is 1.09. The summed E-state index contributed by atoms with van der Waals surface area (Å²) in [5.74, 6) is -0.528. The van der Waals surface area contributed by atoms with Crippen LogP contribution in [0.3, 0.4) is 0 Å². The van der Waals surface area contributed by atoms with Crippen LogP contribution in [0.15, 0.2) is 0 Å². The molecule has 18 heavy (non-hydrogen) atoms. The van der Waals surface area contributed by atoms with E-state index in [1.165, 1.54) is 0 Å². The van der Waals surface area contributed by atoms with Crippen LogP contribution in [0.1, 0.15) is 33.6 Å². The number of carbonyl (C=O) groups excluding carboxylic acids is 2. The fourth-order valence-electron chi connectivity index (χ4n) is 1.15. The molecule has 106 valence electrons. The molecule has 0 unspecified atom stereocenters. The average Bonchev–Trinajstić information content (AvgIpc) is 2.23. The van der Waals surface area contributed by atoms with Crippen molar-refractivity contribution in [3.8, 4) is 0 Å². The minimum atomic E-state index is -1.10. The molecule has 0 N–H and O–H groups in total. The third-order valence-electron chi connectivity index (χ3n) is 2.90. The van der Waals surface area contributed by atoms with E-state index in [9.17, 15) is 9.59 Å². The van der Waals surface area contributed by atoms with Gasteiger partial charge in [-0.2, -0.15) is 0 Å². The lowest BCUT2D eigenvalue weighted by atomic mass is 9.91. The van der Waals surface area contributed by atoms with E-state index in [0.29, 0.717) is 13.0 Å². The Balaban J connectivity index is 3.89. The molecule has 0 aromatic carbocycles. The van der Waals surface area contributed by atoms with E-state index in [0.717, 1.165) is 12.5 Å². The first kappa shape index (κ1) is 17.2. The molecule has 5 heteroatoms. The van der Waals surface area contributed by atoms with Gasteiger partial charge in [-0.3, -0.25) is 4.79 Å². The lowest BCUT2D eigenvalue weighted by Crippen LogP contribution is -2.28. The van der Waals surface area contributed by atoms with E-state index in [1.54, 1.807) is 13.8 Å². The number of rotatable bonds is 6. The van der Waals surface area contributed by atoms with Crippen LogP contribution >= 0.6 is 0 Å². The molecule has 0 aromatic rings. The van der Waals surface area contributed by atoms with E-state index in [-0.39, 0.29) is 0 Å². The Morgan fingerprint density at radius 1 is 1.17 bits per heavy atom. The Labute approximate surface area is 111 Å². The van der Waals surface area contributed by atoms with Crippen LogP contribution in [0.25, 0.3) is 0 Å². The van der Waals surface area contributed by atoms with Crippen LogP contribution in [-0.2, 0) is 14.3 Å². The largest absolute Gasteiger partial charge is 0.516 e. The number of ether oxygens (including phenoxy) is 2. The molecule has 0 heterocycles. The molecule has 0 fully saturated rings. The van der Waals surface area contributed by atoms with Gasteiger partial charge in [0, 0.05) is 8.07 Å². The van der Waals surface area contributed by atoms with Gasteiger partial charge in [-0.05, 0) is 26.7 Å². The predicted octanol–water partition coefficient (Wildman–Crippen LogP) is 3.83. The summed E-state index contributed by atoms with van der Waals surface area (Å²) in [6.45, 7) is 12.5. The van der Waals surface area contributed by atoms with Gasteiger partial charge in [0.1, 0.15) is 0 Å². The molecule has 0 atom stereocenters. The molecule has 0 aliphatic rings. The molecular weight excluding hydrogens is 248 g/mol. The van der Waals surface area contributed by atoms with E-state index < -0.39 is 25.6 Å². The third kappa shape index (κ3) is 7.48. The highest BCUT2D eigenvalue weighted by Crippen LogP contribution is 2.21. The Hall–Kier alpha value is -0.843. The van der Waals surface area contributed by atoms with Crippen molar-refractivity contribution in [2.24, 2.45) is 5.41 Å². The molecule has 0 aliphatic carbocycles. The quantitative estimate of drug-likeness (QED) is 0.320. The smallest absolute Gasteiger partial charge is 0.434 e. The van der Waals surface area contributed by atoms with E-state index >= 15 is 0 Å². The second-order valence-corrected chi connectivity index (χ2v) is 12.0. The normalized spacial score (nSPS) is 12.1. The molecule has 0 spiro atoms. The highest BCUT2D eigenvalue weighted by molar-refractivity contribution is 6.76. The fourth-order valence-corrected chi connectivity index (χ4v) is 2.35. The minimum absolute atomic E-state index is 0.322.